The number of rotatable bonds is 3. The molecule has 0 aliphatic heterocycles. The fourth-order valence-corrected chi connectivity index (χ4v) is 1.48. The Labute approximate surface area is 96.2 Å². The first-order valence-electron chi connectivity index (χ1n) is 4.30. The summed E-state index contributed by atoms with van der Waals surface area (Å²) in [7, 11) is 0. The van der Waals surface area contributed by atoms with Gasteiger partial charge in [-0.1, -0.05) is 0 Å². The Morgan fingerprint density at radius 3 is 2.80 bits per heavy atom. The van der Waals surface area contributed by atoms with Crippen molar-refractivity contribution in [2.75, 3.05) is 5.32 Å². The van der Waals surface area contributed by atoms with Crippen molar-refractivity contribution < 1.29 is 4.79 Å². The van der Waals surface area contributed by atoms with Gasteiger partial charge >= 0.3 is 0 Å². The minimum absolute atomic E-state index is 0.421. The molecule has 1 rings (SSSR count). The van der Waals surface area contributed by atoms with E-state index in [4.69, 9.17) is 11.0 Å². The summed E-state index contributed by atoms with van der Waals surface area (Å²) in [6, 6.07) is 6.72. The summed E-state index contributed by atoms with van der Waals surface area (Å²) < 4.78 is 0.687. The van der Waals surface area contributed by atoms with E-state index in [-0.39, 0.29) is 0 Å². The number of nitriles is 1. The maximum atomic E-state index is 10.8. The van der Waals surface area contributed by atoms with Gasteiger partial charge in [-0.3, -0.25) is 4.79 Å². The number of hydrogen-bond donors (Lipinski definition) is 2. The fourth-order valence-electron chi connectivity index (χ4n) is 1.02. The summed E-state index contributed by atoms with van der Waals surface area (Å²) in [6.45, 7) is 1.68. The van der Waals surface area contributed by atoms with Crippen molar-refractivity contribution in [2.24, 2.45) is 5.73 Å². The summed E-state index contributed by atoms with van der Waals surface area (Å²) in [4.78, 5) is 10.8. The van der Waals surface area contributed by atoms with Gasteiger partial charge in [0.1, 0.15) is 12.1 Å². The number of anilines is 1. The van der Waals surface area contributed by atoms with Gasteiger partial charge in [-0.15, -0.1) is 0 Å². The van der Waals surface area contributed by atoms with Crippen molar-refractivity contribution in [3.05, 3.63) is 28.2 Å². The normalized spacial score (nSPS) is 11.5. The van der Waals surface area contributed by atoms with E-state index in [1.807, 2.05) is 6.07 Å². The highest BCUT2D eigenvalue weighted by molar-refractivity contribution is 9.10. The molecule has 5 heteroatoms. The number of primary amides is 1. The van der Waals surface area contributed by atoms with Crippen molar-refractivity contribution in [3.63, 3.8) is 0 Å². The molecule has 1 amide bonds. The van der Waals surface area contributed by atoms with Crippen molar-refractivity contribution >= 4 is 27.5 Å². The van der Waals surface area contributed by atoms with Crippen LogP contribution in [0.5, 0.6) is 0 Å². The van der Waals surface area contributed by atoms with E-state index in [1.165, 1.54) is 0 Å². The number of nitrogens with zero attached hydrogens (tertiary/aromatic N) is 1. The highest BCUT2D eigenvalue weighted by Gasteiger charge is 2.08. The molecule has 0 fully saturated rings. The van der Waals surface area contributed by atoms with Gasteiger partial charge in [-0.05, 0) is 41.1 Å². The SMILES string of the molecule is C[C@@H](Nc1ccc(C#N)c(Br)c1)C(N)=O. The number of nitrogens with two attached hydrogens (primary N) is 1. The second-order valence-corrected chi connectivity index (χ2v) is 3.93. The van der Waals surface area contributed by atoms with Crippen LogP contribution < -0.4 is 11.1 Å². The van der Waals surface area contributed by atoms with Gasteiger partial charge in [0, 0.05) is 10.2 Å². The largest absolute Gasteiger partial charge is 0.374 e. The van der Waals surface area contributed by atoms with Crippen LogP contribution >= 0.6 is 15.9 Å². The van der Waals surface area contributed by atoms with Gasteiger partial charge in [0.2, 0.25) is 5.91 Å². The first kappa shape index (κ1) is 11.5. The molecule has 0 radical (unpaired) electrons. The maximum Gasteiger partial charge on any atom is 0.239 e. The van der Waals surface area contributed by atoms with Crippen LogP contribution in [0.3, 0.4) is 0 Å². The molecule has 0 saturated carbocycles. The first-order chi connectivity index (χ1) is 7.04. The van der Waals surface area contributed by atoms with Gasteiger partial charge in [0.05, 0.1) is 5.56 Å². The molecule has 1 atom stereocenters. The number of carbonyl (C=O) groups excluding carboxylic acids is 1. The van der Waals surface area contributed by atoms with Crippen molar-refractivity contribution in [1.82, 2.24) is 0 Å². The quantitative estimate of drug-likeness (QED) is 0.873. The Kier molecular flexibility index (Phi) is 3.69. The average Bonchev–Trinajstić information content (AvgIpc) is 2.18. The highest BCUT2D eigenvalue weighted by atomic mass is 79.9. The average molecular weight is 268 g/mol. The Balaban J connectivity index is 2.85. The predicted molar refractivity (Wildman–Crippen MR) is 61.1 cm³/mol. The van der Waals surface area contributed by atoms with Crippen LogP contribution in [0, 0.1) is 11.3 Å². The zero-order chi connectivity index (χ0) is 11.4. The van der Waals surface area contributed by atoms with Crippen LogP contribution in [0.4, 0.5) is 5.69 Å². The van der Waals surface area contributed by atoms with E-state index in [0.29, 0.717) is 10.0 Å². The van der Waals surface area contributed by atoms with E-state index < -0.39 is 11.9 Å². The number of amides is 1. The second-order valence-electron chi connectivity index (χ2n) is 3.07. The van der Waals surface area contributed by atoms with Crippen LogP contribution in [-0.2, 0) is 4.79 Å². The third-order valence-corrected chi connectivity index (χ3v) is 2.56. The highest BCUT2D eigenvalue weighted by Crippen LogP contribution is 2.21. The summed E-state index contributed by atoms with van der Waals surface area (Å²) >= 11 is 3.26. The molecule has 4 nitrogen and oxygen atoms in total. The maximum absolute atomic E-state index is 10.8. The minimum atomic E-state index is -0.440. The number of halogens is 1. The lowest BCUT2D eigenvalue weighted by molar-refractivity contribution is -0.118. The molecule has 0 heterocycles. The number of hydrogen-bond acceptors (Lipinski definition) is 3. The predicted octanol–water partition coefficient (Wildman–Crippen LogP) is 1.61. The minimum Gasteiger partial charge on any atom is -0.374 e. The molecule has 0 aromatic heterocycles. The van der Waals surface area contributed by atoms with E-state index in [9.17, 15) is 4.79 Å². The van der Waals surface area contributed by atoms with E-state index >= 15 is 0 Å². The molecule has 78 valence electrons. The van der Waals surface area contributed by atoms with Crippen LogP contribution in [0.25, 0.3) is 0 Å². The van der Waals surface area contributed by atoms with Crippen LogP contribution in [0.15, 0.2) is 22.7 Å². The van der Waals surface area contributed by atoms with Crippen molar-refractivity contribution in [3.8, 4) is 6.07 Å². The van der Waals surface area contributed by atoms with Gasteiger partial charge in [0.15, 0.2) is 0 Å². The first-order valence-corrected chi connectivity index (χ1v) is 5.09. The summed E-state index contributed by atoms with van der Waals surface area (Å²) in [6.07, 6.45) is 0. The molecule has 0 bridgehead atoms. The van der Waals surface area contributed by atoms with Crippen LogP contribution in [-0.4, -0.2) is 11.9 Å². The molecule has 0 aliphatic rings. The number of carbonyl (C=O) groups is 1. The molecule has 1 aromatic rings. The zero-order valence-electron chi connectivity index (χ0n) is 8.12. The van der Waals surface area contributed by atoms with Gasteiger partial charge in [-0.25, -0.2) is 0 Å². The molecular weight excluding hydrogens is 258 g/mol. The topological polar surface area (TPSA) is 78.9 Å². The molecule has 1 aromatic carbocycles. The van der Waals surface area contributed by atoms with Crippen LogP contribution in [0.1, 0.15) is 12.5 Å². The second kappa shape index (κ2) is 4.80. The fraction of sp³-hybridized carbons (Fsp3) is 0.200. The third-order valence-electron chi connectivity index (χ3n) is 1.90. The van der Waals surface area contributed by atoms with Crippen LogP contribution in [0.2, 0.25) is 0 Å². The van der Waals surface area contributed by atoms with E-state index in [1.54, 1.807) is 25.1 Å². The molecule has 15 heavy (non-hydrogen) atoms. The monoisotopic (exact) mass is 267 g/mol. The molecule has 0 aliphatic carbocycles. The Morgan fingerprint density at radius 2 is 2.33 bits per heavy atom. The van der Waals surface area contributed by atoms with Gasteiger partial charge in [0.25, 0.3) is 0 Å². The summed E-state index contributed by atoms with van der Waals surface area (Å²) in [5, 5.41) is 11.6. The molecule has 0 saturated heterocycles. The Hall–Kier alpha value is -1.54. The Morgan fingerprint density at radius 1 is 1.67 bits per heavy atom. The lowest BCUT2D eigenvalue weighted by atomic mass is 10.2. The molecule has 0 unspecified atom stereocenters. The zero-order valence-corrected chi connectivity index (χ0v) is 9.71. The standard InChI is InChI=1S/C10H10BrN3O/c1-6(10(13)15)14-8-3-2-7(5-12)9(11)4-8/h2-4,6,14H,1H3,(H2,13,15)/t6-/m1/s1. The van der Waals surface area contributed by atoms with Crippen molar-refractivity contribution in [2.45, 2.75) is 13.0 Å². The lowest BCUT2D eigenvalue weighted by Gasteiger charge is -2.11. The third kappa shape index (κ3) is 2.96. The van der Waals surface area contributed by atoms with Gasteiger partial charge in [-0.2, -0.15) is 5.26 Å². The Bertz CT molecular complexity index is 425. The smallest absolute Gasteiger partial charge is 0.239 e. The van der Waals surface area contributed by atoms with E-state index in [0.717, 1.165) is 5.69 Å². The number of benzene rings is 1. The molecular formula is C10H10BrN3O. The van der Waals surface area contributed by atoms with E-state index in [2.05, 4.69) is 21.2 Å². The van der Waals surface area contributed by atoms with Gasteiger partial charge < -0.3 is 11.1 Å². The lowest BCUT2D eigenvalue weighted by Crippen LogP contribution is -2.32. The summed E-state index contributed by atoms with van der Waals surface area (Å²) in [5.41, 5.74) is 6.40. The van der Waals surface area contributed by atoms with Crippen molar-refractivity contribution in [1.29, 1.82) is 5.26 Å². The molecule has 3 N–H and O–H groups in total. The summed E-state index contributed by atoms with van der Waals surface area (Å²) in [5.74, 6) is -0.421. The molecule has 0 spiro atoms. The number of nitrogens with one attached hydrogen (secondary N) is 1.